The average molecular weight is 269 g/mol. The largest absolute Gasteiger partial charge is 0.483 e. The van der Waals surface area contributed by atoms with E-state index in [-0.39, 0.29) is 12.2 Å². The third-order valence-corrected chi connectivity index (χ3v) is 2.78. The number of aromatic nitrogens is 1. The molecule has 0 unspecified atom stereocenters. The monoisotopic (exact) mass is 269 g/mol. The maximum absolute atomic E-state index is 13.6. The van der Waals surface area contributed by atoms with E-state index in [1.165, 1.54) is 0 Å². The Morgan fingerprint density at radius 1 is 1.26 bits per heavy atom. The molecule has 6 heteroatoms. The molecule has 0 spiro atoms. The number of rotatable bonds is 4. The summed E-state index contributed by atoms with van der Waals surface area (Å²) in [6.07, 6.45) is 0. The van der Waals surface area contributed by atoms with Crippen molar-refractivity contribution in [2.45, 2.75) is 27.1 Å². The molecule has 1 heterocycles. The molecule has 2 aromatic rings. The molecule has 19 heavy (non-hydrogen) atoms. The van der Waals surface area contributed by atoms with Crippen molar-refractivity contribution in [3.8, 4) is 5.75 Å². The van der Waals surface area contributed by atoms with E-state index in [1.807, 2.05) is 0 Å². The highest BCUT2D eigenvalue weighted by Gasteiger charge is 2.15. The number of aryl methyl sites for hydroxylation is 2. The van der Waals surface area contributed by atoms with Gasteiger partial charge < -0.3 is 14.4 Å². The zero-order valence-electron chi connectivity index (χ0n) is 10.5. The molecule has 1 aromatic heterocycles. The van der Waals surface area contributed by atoms with Gasteiger partial charge in [0, 0.05) is 0 Å². The van der Waals surface area contributed by atoms with Gasteiger partial charge in [0.1, 0.15) is 12.4 Å². The zero-order chi connectivity index (χ0) is 14.0. The van der Waals surface area contributed by atoms with Gasteiger partial charge in [-0.3, -0.25) is 0 Å². The molecule has 0 radical (unpaired) electrons. The van der Waals surface area contributed by atoms with Gasteiger partial charge in [0.2, 0.25) is 0 Å². The lowest BCUT2D eigenvalue weighted by molar-refractivity contribution is 0.264. The highest BCUT2D eigenvalue weighted by atomic mass is 19.1. The second-order valence-electron chi connectivity index (χ2n) is 4.14. The first-order chi connectivity index (χ1) is 9.02. The number of nitrogens with zero attached hydrogens (tertiary/aromatic N) is 1. The van der Waals surface area contributed by atoms with Crippen molar-refractivity contribution >= 4 is 0 Å². The van der Waals surface area contributed by atoms with Crippen LogP contribution in [-0.4, -0.2) is 10.3 Å². The summed E-state index contributed by atoms with van der Waals surface area (Å²) in [7, 11) is 0. The number of halogens is 2. The molecule has 0 amide bonds. The molecular weight excluding hydrogens is 256 g/mol. The van der Waals surface area contributed by atoms with Crippen LogP contribution in [0.2, 0.25) is 0 Å². The fourth-order valence-corrected chi connectivity index (χ4v) is 1.69. The molecular formula is C13H13F2NO3. The third-order valence-electron chi connectivity index (χ3n) is 2.78. The molecule has 102 valence electrons. The minimum absolute atomic E-state index is 0.0342. The normalized spacial score (nSPS) is 10.8. The van der Waals surface area contributed by atoms with Crippen molar-refractivity contribution in [2.75, 3.05) is 0 Å². The summed E-state index contributed by atoms with van der Waals surface area (Å²) >= 11 is 0. The van der Waals surface area contributed by atoms with Gasteiger partial charge in [-0.05, 0) is 31.5 Å². The maximum atomic E-state index is 13.6. The quantitative estimate of drug-likeness (QED) is 0.927. The fraction of sp³-hybridized carbons (Fsp3) is 0.308. The molecule has 0 fully saturated rings. The molecule has 0 atom stereocenters. The molecule has 1 aromatic carbocycles. The summed E-state index contributed by atoms with van der Waals surface area (Å²) in [4.78, 5) is 0. The van der Waals surface area contributed by atoms with Crippen LogP contribution in [0.15, 0.2) is 16.7 Å². The Hall–Kier alpha value is -1.95. The van der Waals surface area contributed by atoms with Crippen LogP contribution in [0.4, 0.5) is 8.78 Å². The molecule has 0 aliphatic carbocycles. The van der Waals surface area contributed by atoms with Crippen LogP contribution in [0.1, 0.15) is 22.6 Å². The molecule has 2 rings (SSSR count). The lowest BCUT2D eigenvalue weighted by Gasteiger charge is -2.09. The van der Waals surface area contributed by atoms with E-state index < -0.39 is 24.0 Å². The van der Waals surface area contributed by atoms with Crippen LogP contribution in [0.3, 0.4) is 0 Å². The van der Waals surface area contributed by atoms with Crippen LogP contribution in [0.5, 0.6) is 5.75 Å². The Morgan fingerprint density at radius 3 is 2.37 bits per heavy atom. The van der Waals surface area contributed by atoms with Gasteiger partial charge in [0.25, 0.3) is 0 Å². The maximum Gasteiger partial charge on any atom is 0.191 e. The minimum atomic E-state index is -0.851. The van der Waals surface area contributed by atoms with Crippen molar-refractivity contribution in [3.63, 3.8) is 0 Å². The predicted molar refractivity (Wildman–Crippen MR) is 62.6 cm³/mol. The number of hydrogen-bond donors (Lipinski definition) is 1. The fourth-order valence-electron chi connectivity index (χ4n) is 1.69. The van der Waals surface area contributed by atoms with Gasteiger partial charge in [-0.1, -0.05) is 5.16 Å². The van der Waals surface area contributed by atoms with E-state index >= 15 is 0 Å². The van der Waals surface area contributed by atoms with Crippen LogP contribution < -0.4 is 4.74 Å². The lowest BCUT2D eigenvalue weighted by atomic mass is 10.2. The number of aliphatic hydroxyl groups is 1. The van der Waals surface area contributed by atoms with Crippen molar-refractivity contribution < 1.29 is 23.1 Å². The lowest BCUT2D eigenvalue weighted by Crippen LogP contribution is -2.02. The van der Waals surface area contributed by atoms with E-state index in [2.05, 4.69) is 5.16 Å². The SMILES string of the molecule is Cc1noc(C)c1COc1c(F)cc(CO)cc1F. The molecule has 0 aliphatic rings. The van der Waals surface area contributed by atoms with E-state index in [9.17, 15) is 8.78 Å². The number of benzene rings is 1. The number of hydrogen-bond acceptors (Lipinski definition) is 4. The first-order valence-electron chi connectivity index (χ1n) is 5.66. The molecule has 0 saturated heterocycles. The zero-order valence-corrected chi connectivity index (χ0v) is 10.5. The highest BCUT2D eigenvalue weighted by molar-refractivity contribution is 5.31. The van der Waals surface area contributed by atoms with Crippen molar-refractivity contribution in [1.29, 1.82) is 0 Å². The van der Waals surface area contributed by atoms with Gasteiger partial charge >= 0.3 is 0 Å². The van der Waals surface area contributed by atoms with E-state index in [1.54, 1.807) is 13.8 Å². The van der Waals surface area contributed by atoms with Crippen LogP contribution in [-0.2, 0) is 13.2 Å². The minimum Gasteiger partial charge on any atom is -0.483 e. The smallest absolute Gasteiger partial charge is 0.191 e. The van der Waals surface area contributed by atoms with Crippen LogP contribution in [0, 0.1) is 25.5 Å². The number of aliphatic hydroxyl groups excluding tert-OH is 1. The Labute approximate surface area is 108 Å². The molecule has 0 saturated carbocycles. The van der Waals surface area contributed by atoms with Gasteiger partial charge in [-0.2, -0.15) is 0 Å². The van der Waals surface area contributed by atoms with Crippen molar-refractivity contribution in [1.82, 2.24) is 5.16 Å². The first-order valence-corrected chi connectivity index (χ1v) is 5.66. The predicted octanol–water partition coefficient (Wildman–Crippen LogP) is 2.64. The average Bonchev–Trinajstić information content (AvgIpc) is 2.68. The van der Waals surface area contributed by atoms with E-state index in [0.717, 1.165) is 12.1 Å². The summed E-state index contributed by atoms with van der Waals surface area (Å²) in [5, 5.41) is 12.6. The molecule has 4 nitrogen and oxygen atoms in total. The van der Waals surface area contributed by atoms with E-state index in [4.69, 9.17) is 14.4 Å². The molecule has 0 bridgehead atoms. The van der Waals surface area contributed by atoms with Crippen LogP contribution in [0.25, 0.3) is 0 Å². The Balaban J connectivity index is 2.20. The third kappa shape index (κ3) is 2.73. The molecule has 0 aliphatic heterocycles. The van der Waals surface area contributed by atoms with Gasteiger partial charge in [-0.25, -0.2) is 8.78 Å². The summed E-state index contributed by atoms with van der Waals surface area (Å²) in [6.45, 7) is 2.95. The second-order valence-corrected chi connectivity index (χ2v) is 4.14. The number of ether oxygens (including phenoxy) is 1. The van der Waals surface area contributed by atoms with Crippen molar-refractivity contribution in [2.24, 2.45) is 0 Å². The van der Waals surface area contributed by atoms with Crippen LogP contribution >= 0.6 is 0 Å². The second kappa shape index (κ2) is 5.36. The van der Waals surface area contributed by atoms with Gasteiger partial charge in [0.15, 0.2) is 17.4 Å². The summed E-state index contributed by atoms with van der Waals surface area (Å²) in [6, 6.07) is 2.07. The Morgan fingerprint density at radius 2 is 1.89 bits per heavy atom. The van der Waals surface area contributed by atoms with Gasteiger partial charge in [-0.15, -0.1) is 0 Å². The first kappa shape index (κ1) is 13.5. The molecule has 1 N–H and O–H groups in total. The topological polar surface area (TPSA) is 55.5 Å². The standard InChI is InChI=1S/C13H13F2NO3/c1-7-10(8(2)19-16-7)6-18-13-11(14)3-9(5-17)4-12(13)15/h3-4,17H,5-6H2,1-2H3. The summed E-state index contributed by atoms with van der Waals surface area (Å²) < 4.78 is 37.3. The van der Waals surface area contributed by atoms with Gasteiger partial charge in [0.05, 0.1) is 17.9 Å². The summed E-state index contributed by atoms with van der Waals surface area (Å²) in [5.41, 5.74) is 1.43. The highest BCUT2D eigenvalue weighted by Crippen LogP contribution is 2.25. The van der Waals surface area contributed by atoms with Crippen molar-refractivity contribution in [3.05, 3.63) is 46.3 Å². The Kier molecular flexibility index (Phi) is 3.80. The summed E-state index contributed by atoms with van der Waals surface area (Å²) in [5.74, 6) is -1.63. The van der Waals surface area contributed by atoms with E-state index in [0.29, 0.717) is 17.0 Å². The Bertz CT molecular complexity index is 553.